The summed E-state index contributed by atoms with van der Waals surface area (Å²) in [6.45, 7) is 29.0. The lowest BCUT2D eigenvalue weighted by atomic mass is 9.73. The number of nitrogens with zero attached hydrogens (tertiary/aromatic N) is 4. The van der Waals surface area contributed by atoms with Gasteiger partial charge in [-0.25, -0.2) is 0 Å². The van der Waals surface area contributed by atoms with E-state index in [2.05, 4.69) is 124 Å². The molecule has 0 amide bonds. The molecule has 0 aromatic heterocycles. The van der Waals surface area contributed by atoms with E-state index < -0.39 is 0 Å². The summed E-state index contributed by atoms with van der Waals surface area (Å²) in [5, 5.41) is 23.1. The Morgan fingerprint density at radius 2 is 1.11 bits per heavy atom. The third kappa shape index (κ3) is 14.0. The van der Waals surface area contributed by atoms with Crippen molar-refractivity contribution in [2.24, 2.45) is 9.98 Å². The summed E-state index contributed by atoms with van der Waals surface area (Å²) in [6, 6.07) is 8.86. The second-order valence-electron chi connectivity index (χ2n) is 19.7. The third-order valence-electron chi connectivity index (χ3n) is 12.1. The fourth-order valence-electron chi connectivity index (χ4n) is 8.09. The standard InChI is InChI=1S/C49H82N4O2/c1-14-16-26-52(12)28-20-24-49(11,25-21-29-53(13)27-17-15-2)40-31-37(45(54)41(32-40)36(3)4)34-50-43-22-18-19-23-44(43)51-35-38-30-39(47(5,6)7)33-42(46(38)55)48(8,9)10/h30-36,43-44,54-55H,14-29H2,1-13H3. The maximum atomic E-state index is 11.7. The topological polar surface area (TPSA) is 71.7 Å². The monoisotopic (exact) mass is 759 g/mol. The van der Waals surface area contributed by atoms with Crippen LogP contribution in [-0.4, -0.2) is 84.8 Å². The minimum atomic E-state index is -0.191. The van der Waals surface area contributed by atoms with Gasteiger partial charge in [0.1, 0.15) is 11.5 Å². The van der Waals surface area contributed by atoms with E-state index in [-0.39, 0.29) is 34.2 Å². The number of benzene rings is 2. The lowest BCUT2D eigenvalue weighted by molar-refractivity contribution is 0.273. The average Bonchev–Trinajstić information content (AvgIpc) is 3.11. The summed E-state index contributed by atoms with van der Waals surface area (Å²) >= 11 is 0. The van der Waals surface area contributed by atoms with Crippen molar-refractivity contribution in [3.05, 3.63) is 57.6 Å². The first kappa shape index (κ1) is 46.7. The van der Waals surface area contributed by atoms with Gasteiger partial charge in [0.15, 0.2) is 0 Å². The highest BCUT2D eigenvalue weighted by Crippen LogP contribution is 2.40. The number of aromatic hydroxyl groups is 2. The minimum absolute atomic E-state index is 0.00963. The lowest BCUT2D eigenvalue weighted by Gasteiger charge is -2.33. The van der Waals surface area contributed by atoms with E-state index in [1.165, 1.54) is 36.8 Å². The van der Waals surface area contributed by atoms with Crippen LogP contribution in [-0.2, 0) is 16.2 Å². The Kier molecular flexibility index (Phi) is 18.0. The van der Waals surface area contributed by atoms with Gasteiger partial charge in [0.25, 0.3) is 0 Å². The van der Waals surface area contributed by atoms with Crippen LogP contribution in [0.2, 0.25) is 0 Å². The zero-order valence-electron chi connectivity index (χ0n) is 37.7. The smallest absolute Gasteiger partial charge is 0.128 e. The van der Waals surface area contributed by atoms with Crippen LogP contribution in [0.5, 0.6) is 11.5 Å². The molecule has 1 saturated carbocycles. The molecule has 0 aliphatic heterocycles. The molecule has 0 bridgehead atoms. The van der Waals surface area contributed by atoms with E-state index in [4.69, 9.17) is 9.98 Å². The molecular formula is C49H82N4O2. The maximum Gasteiger partial charge on any atom is 0.128 e. The van der Waals surface area contributed by atoms with Gasteiger partial charge in [-0.15, -0.1) is 0 Å². The van der Waals surface area contributed by atoms with E-state index >= 15 is 0 Å². The molecule has 0 heterocycles. The van der Waals surface area contributed by atoms with Crippen LogP contribution in [0.1, 0.15) is 193 Å². The highest BCUT2D eigenvalue weighted by molar-refractivity contribution is 5.86. The predicted molar refractivity (Wildman–Crippen MR) is 240 cm³/mol. The number of aliphatic imine (C=N–C) groups is 2. The molecule has 2 unspecified atom stereocenters. The van der Waals surface area contributed by atoms with Crippen molar-refractivity contribution in [2.75, 3.05) is 40.3 Å². The van der Waals surface area contributed by atoms with Gasteiger partial charge >= 0.3 is 0 Å². The average molecular weight is 759 g/mol. The zero-order chi connectivity index (χ0) is 41.0. The molecule has 6 nitrogen and oxygen atoms in total. The van der Waals surface area contributed by atoms with Crippen LogP contribution in [0.3, 0.4) is 0 Å². The molecule has 0 saturated heterocycles. The molecule has 2 aromatic carbocycles. The fourth-order valence-corrected chi connectivity index (χ4v) is 8.09. The van der Waals surface area contributed by atoms with Gasteiger partial charge in [-0.3, -0.25) is 9.98 Å². The van der Waals surface area contributed by atoms with Crippen LogP contribution in [0.4, 0.5) is 0 Å². The van der Waals surface area contributed by atoms with Gasteiger partial charge in [-0.2, -0.15) is 0 Å². The van der Waals surface area contributed by atoms with Crippen LogP contribution in [0, 0.1) is 0 Å². The van der Waals surface area contributed by atoms with E-state index in [0.717, 1.165) is 99.8 Å². The van der Waals surface area contributed by atoms with Crippen molar-refractivity contribution in [1.82, 2.24) is 9.80 Å². The number of phenols is 2. The first-order valence-electron chi connectivity index (χ1n) is 22.0. The second-order valence-corrected chi connectivity index (χ2v) is 19.7. The molecule has 1 fully saturated rings. The quantitative estimate of drug-likeness (QED) is 0.132. The number of unbranched alkanes of at least 4 members (excludes halogenated alkanes) is 2. The highest BCUT2D eigenvalue weighted by atomic mass is 16.3. The number of rotatable bonds is 20. The van der Waals surface area contributed by atoms with Crippen molar-refractivity contribution in [3.8, 4) is 11.5 Å². The van der Waals surface area contributed by atoms with Crippen molar-refractivity contribution >= 4 is 12.4 Å². The Bertz CT molecular complexity index is 1510. The van der Waals surface area contributed by atoms with E-state index in [1.807, 2.05) is 12.4 Å². The molecule has 3 rings (SSSR count). The van der Waals surface area contributed by atoms with Gasteiger partial charge in [-0.1, -0.05) is 114 Å². The third-order valence-corrected chi connectivity index (χ3v) is 12.1. The van der Waals surface area contributed by atoms with Gasteiger partial charge in [0.2, 0.25) is 0 Å². The summed E-state index contributed by atoms with van der Waals surface area (Å²) in [7, 11) is 4.53. The van der Waals surface area contributed by atoms with Gasteiger partial charge < -0.3 is 20.0 Å². The Morgan fingerprint density at radius 3 is 1.55 bits per heavy atom. The van der Waals surface area contributed by atoms with Gasteiger partial charge in [-0.05, 0) is 143 Å². The lowest BCUT2D eigenvalue weighted by Crippen LogP contribution is -2.29. The first-order chi connectivity index (χ1) is 25.8. The molecule has 2 aromatic rings. The van der Waals surface area contributed by atoms with Crippen molar-refractivity contribution in [3.63, 3.8) is 0 Å². The van der Waals surface area contributed by atoms with Gasteiger partial charge in [0, 0.05) is 29.1 Å². The van der Waals surface area contributed by atoms with E-state index in [1.54, 1.807) is 0 Å². The van der Waals surface area contributed by atoms with Crippen molar-refractivity contribution < 1.29 is 10.2 Å². The van der Waals surface area contributed by atoms with E-state index in [0.29, 0.717) is 11.5 Å². The van der Waals surface area contributed by atoms with Gasteiger partial charge in [0.05, 0.1) is 12.1 Å². The van der Waals surface area contributed by atoms with E-state index in [9.17, 15) is 10.2 Å². The minimum Gasteiger partial charge on any atom is -0.507 e. The first-order valence-corrected chi connectivity index (χ1v) is 22.0. The summed E-state index contributed by atoms with van der Waals surface area (Å²) in [6.07, 6.45) is 17.5. The zero-order valence-corrected chi connectivity index (χ0v) is 37.7. The molecule has 0 radical (unpaired) electrons. The Morgan fingerprint density at radius 1 is 0.655 bits per heavy atom. The SMILES string of the molecule is CCCCN(C)CCCC(C)(CCCN(C)CCCC)c1cc(C=NC2CCCCC2N=Cc2cc(C(C)(C)C)cc(C(C)(C)C)c2O)c(O)c(C(C)C)c1. The molecule has 2 atom stereocenters. The van der Waals surface area contributed by atoms with Crippen LogP contribution < -0.4 is 0 Å². The molecule has 2 N–H and O–H groups in total. The summed E-state index contributed by atoms with van der Waals surface area (Å²) < 4.78 is 0. The maximum absolute atomic E-state index is 11.7. The Balaban J connectivity index is 1.98. The predicted octanol–water partition coefficient (Wildman–Crippen LogP) is 11.9. The molecule has 1 aliphatic carbocycles. The Labute approximate surface area is 338 Å². The number of phenolic OH excluding ortho intramolecular Hbond substituents is 2. The molecular weight excluding hydrogens is 677 g/mol. The highest BCUT2D eigenvalue weighted by Gasteiger charge is 2.30. The summed E-state index contributed by atoms with van der Waals surface area (Å²) in [5.74, 6) is 0.877. The second kappa shape index (κ2) is 21.2. The van der Waals surface area contributed by atoms with Crippen molar-refractivity contribution in [2.45, 2.75) is 187 Å². The largest absolute Gasteiger partial charge is 0.507 e. The normalized spacial score (nSPS) is 17.5. The molecule has 310 valence electrons. The molecule has 1 aliphatic rings. The number of hydrogen-bond donors (Lipinski definition) is 2. The number of hydrogen-bond acceptors (Lipinski definition) is 6. The molecule has 55 heavy (non-hydrogen) atoms. The van der Waals surface area contributed by atoms with Crippen LogP contribution in [0.15, 0.2) is 34.3 Å². The van der Waals surface area contributed by atoms with Crippen LogP contribution >= 0.6 is 0 Å². The van der Waals surface area contributed by atoms with Crippen LogP contribution in [0.25, 0.3) is 0 Å². The molecule has 6 heteroatoms. The fraction of sp³-hybridized carbons (Fsp3) is 0.714. The Hall–Kier alpha value is -2.70. The summed E-state index contributed by atoms with van der Waals surface area (Å²) in [4.78, 5) is 15.3. The van der Waals surface area contributed by atoms with Crippen molar-refractivity contribution in [1.29, 1.82) is 0 Å². The molecule has 0 spiro atoms. The summed E-state index contributed by atoms with van der Waals surface area (Å²) in [5.41, 5.74) is 5.84.